The summed E-state index contributed by atoms with van der Waals surface area (Å²) in [6.45, 7) is 4.41. The van der Waals surface area contributed by atoms with Crippen LogP contribution in [0.5, 0.6) is 0 Å². The van der Waals surface area contributed by atoms with Crippen molar-refractivity contribution < 1.29 is 4.52 Å². The van der Waals surface area contributed by atoms with Crippen molar-refractivity contribution in [2.24, 2.45) is 0 Å². The van der Waals surface area contributed by atoms with E-state index in [0.717, 1.165) is 33.1 Å². The third kappa shape index (κ3) is 2.12. The molecule has 6 nitrogen and oxygen atoms in total. The molecule has 3 N–H and O–H groups in total. The van der Waals surface area contributed by atoms with Gasteiger partial charge in [-0.3, -0.25) is 0 Å². The summed E-state index contributed by atoms with van der Waals surface area (Å²) in [7, 11) is 0. The van der Waals surface area contributed by atoms with Gasteiger partial charge in [-0.15, -0.1) is 11.3 Å². The fourth-order valence-electron chi connectivity index (χ4n) is 1.93. The third-order valence-electron chi connectivity index (χ3n) is 2.96. The number of anilines is 2. The standard InChI is InChI=1S/C12H13N5OS/c1-6-9(7(2)18-17-6)5-14-10-8-3-4-19-11(8)16-12(13)15-10/h3-4H,5H2,1-2H3,(H3,13,14,15,16). The van der Waals surface area contributed by atoms with Crippen LogP contribution in [0.2, 0.25) is 0 Å². The molecular weight excluding hydrogens is 262 g/mol. The van der Waals surface area contributed by atoms with Crippen molar-refractivity contribution in [3.63, 3.8) is 0 Å². The van der Waals surface area contributed by atoms with Gasteiger partial charge < -0.3 is 15.6 Å². The van der Waals surface area contributed by atoms with Gasteiger partial charge in [0.1, 0.15) is 16.4 Å². The van der Waals surface area contributed by atoms with Crippen LogP contribution >= 0.6 is 11.3 Å². The fraction of sp³-hybridized carbons (Fsp3) is 0.250. The first-order valence-corrected chi connectivity index (χ1v) is 6.69. The minimum atomic E-state index is 0.274. The van der Waals surface area contributed by atoms with Gasteiger partial charge in [0.25, 0.3) is 0 Å². The first-order valence-electron chi connectivity index (χ1n) is 5.81. The van der Waals surface area contributed by atoms with E-state index in [9.17, 15) is 0 Å². The number of hydrogen-bond donors (Lipinski definition) is 2. The molecule has 0 bridgehead atoms. The quantitative estimate of drug-likeness (QED) is 0.763. The Morgan fingerprint density at radius 2 is 2.21 bits per heavy atom. The smallest absolute Gasteiger partial charge is 0.223 e. The molecule has 3 rings (SSSR count). The van der Waals surface area contributed by atoms with E-state index in [2.05, 4.69) is 20.4 Å². The van der Waals surface area contributed by atoms with Crippen molar-refractivity contribution in [3.8, 4) is 0 Å². The Bertz CT molecular complexity index is 713. The van der Waals surface area contributed by atoms with E-state index in [-0.39, 0.29) is 5.95 Å². The van der Waals surface area contributed by atoms with Crippen LogP contribution in [-0.2, 0) is 6.54 Å². The highest BCUT2D eigenvalue weighted by Crippen LogP contribution is 2.26. The third-order valence-corrected chi connectivity index (χ3v) is 3.76. The Morgan fingerprint density at radius 1 is 1.37 bits per heavy atom. The Hall–Kier alpha value is -2.15. The molecule has 7 heteroatoms. The molecule has 0 spiro atoms. The molecule has 3 heterocycles. The molecule has 0 fully saturated rings. The van der Waals surface area contributed by atoms with Crippen LogP contribution in [0, 0.1) is 13.8 Å². The molecule has 0 aliphatic carbocycles. The minimum absolute atomic E-state index is 0.274. The number of fused-ring (bicyclic) bond motifs is 1. The lowest BCUT2D eigenvalue weighted by Gasteiger charge is -2.07. The monoisotopic (exact) mass is 275 g/mol. The number of nitrogens with zero attached hydrogens (tertiary/aromatic N) is 3. The number of nitrogen functional groups attached to an aromatic ring is 1. The van der Waals surface area contributed by atoms with Crippen molar-refractivity contribution in [1.82, 2.24) is 15.1 Å². The highest BCUT2D eigenvalue weighted by Gasteiger charge is 2.11. The van der Waals surface area contributed by atoms with Crippen molar-refractivity contribution in [2.75, 3.05) is 11.1 Å². The Kier molecular flexibility index (Phi) is 2.83. The summed E-state index contributed by atoms with van der Waals surface area (Å²) in [5.41, 5.74) is 7.63. The van der Waals surface area contributed by atoms with Gasteiger partial charge in [0, 0.05) is 12.1 Å². The maximum absolute atomic E-state index is 5.71. The second-order valence-corrected chi connectivity index (χ2v) is 5.12. The summed E-state index contributed by atoms with van der Waals surface area (Å²) < 4.78 is 5.13. The summed E-state index contributed by atoms with van der Waals surface area (Å²) in [5, 5.41) is 10.2. The number of hydrogen-bond acceptors (Lipinski definition) is 7. The van der Waals surface area contributed by atoms with Gasteiger partial charge in [0.2, 0.25) is 5.95 Å². The largest absolute Gasteiger partial charge is 0.368 e. The maximum atomic E-state index is 5.71. The first kappa shape index (κ1) is 11.9. The second kappa shape index (κ2) is 4.51. The second-order valence-electron chi connectivity index (χ2n) is 4.23. The SMILES string of the molecule is Cc1noc(C)c1CNc1nc(N)nc2sccc12. The van der Waals surface area contributed by atoms with E-state index in [1.807, 2.05) is 25.3 Å². The predicted molar refractivity (Wildman–Crippen MR) is 75.1 cm³/mol. The molecule has 0 saturated heterocycles. The lowest BCUT2D eigenvalue weighted by molar-refractivity contribution is 0.392. The molecule has 0 saturated carbocycles. The molecule has 0 radical (unpaired) electrons. The van der Waals surface area contributed by atoms with Crippen LogP contribution in [0.1, 0.15) is 17.0 Å². The van der Waals surface area contributed by atoms with Gasteiger partial charge in [-0.1, -0.05) is 5.16 Å². The van der Waals surface area contributed by atoms with E-state index in [0.29, 0.717) is 6.54 Å². The number of rotatable bonds is 3. The number of nitrogens with one attached hydrogen (secondary N) is 1. The Balaban J connectivity index is 1.91. The minimum Gasteiger partial charge on any atom is -0.368 e. The van der Waals surface area contributed by atoms with Gasteiger partial charge in [-0.25, -0.2) is 4.98 Å². The first-order chi connectivity index (χ1) is 9.15. The zero-order valence-electron chi connectivity index (χ0n) is 10.6. The topological polar surface area (TPSA) is 89.9 Å². The van der Waals surface area contributed by atoms with Crippen LogP contribution in [0.3, 0.4) is 0 Å². The molecule has 0 aliphatic rings. The molecule has 3 aromatic rings. The average Bonchev–Trinajstić information content (AvgIpc) is 2.95. The summed E-state index contributed by atoms with van der Waals surface area (Å²) >= 11 is 1.54. The van der Waals surface area contributed by atoms with Crippen molar-refractivity contribution in [1.29, 1.82) is 0 Å². The number of aryl methyl sites for hydroxylation is 2. The van der Waals surface area contributed by atoms with E-state index >= 15 is 0 Å². The van der Waals surface area contributed by atoms with Crippen LogP contribution < -0.4 is 11.1 Å². The van der Waals surface area contributed by atoms with Crippen LogP contribution in [0.15, 0.2) is 16.0 Å². The molecule has 0 atom stereocenters. The predicted octanol–water partition coefficient (Wildman–Crippen LogP) is 2.49. The highest BCUT2D eigenvalue weighted by atomic mass is 32.1. The van der Waals surface area contributed by atoms with Gasteiger partial charge in [0.15, 0.2) is 0 Å². The van der Waals surface area contributed by atoms with E-state index in [1.54, 1.807) is 11.3 Å². The van der Waals surface area contributed by atoms with E-state index < -0.39 is 0 Å². The fourth-order valence-corrected chi connectivity index (χ4v) is 2.70. The van der Waals surface area contributed by atoms with Gasteiger partial charge in [-0.05, 0) is 25.3 Å². The molecule has 0 unspecified atom stereocenters. The highest BCUT2D eigenvalue weighted by molar-refractivity contribution is 7.16. The van der Waals surface area contributed by atoms with Crippen molar-refractivity contribution in [3.05, 3.63) is 28.5 Å². The molecular formula is C12H13N5OS. The summed E-state index contributed by atoms with van der Waals surface area (Å²) in [6.07, 6.45) is 0. The maximum Gasteiger partial charge on any atom is 0.223 e. The van der Waals surface area contributed by atoms with Crippen molar-refractivity contribution in [2.45, 2.75) is 20.4 Å². The van der Waals surface area contributed by atoms with Gasteiger partial charge >= 0.3 is 0 Å². The van der Waals surface area contributed by atoms with Crippen LogP contribution in [0.4, 0.5) is 11.8 Å². The van der Waals surface area contributed by atoms with E-state index in [4.69, 9.17) is 10.3 Å². The lowest BCUT2D eigenvalue weighted by Crippen LogP contribution is -2.05. The number of nitrogens with two attached hydrogens (primary N) is 1. The molecule has 0 amide bonds. The molecule has 19 heavy (non-hydrogen) atoms. The zero-order chi connectivity index (χ0) is 13.4. The summed E-state index contributed by atoms with van der Waals surface area (Å²) in [4.78, 5) is 9.32. The van der Waals surface area contributed by atoms with E-state index in [1.165, 1.54) is 0 Å². The van der Waals surface area contributed by atoms with Gasteiger partial charge in [0.05, 0.1) is 11.1 Å². The number of thiophene rings is 1. The molecule has 98 valence electrons. The summed E-state index contributed by atoms with van der Waals surface area (Å²) in [6, 6.07) is 1.98. The zero-order valence-corrected chi connectivity index (χ0v) is 11.4. The molecule has 3 aromatic heterocycles. The Labute approximate surface area is 113 Å². The molecule has 0 aromatic carbocycles. The Morgan fingerprint density at radius 3 is 2.95 bits per heavy atom. The summed E-state index contributed by atoms with van der Waals surface area (Å²) in [5.74, 6) is 1.83. The van der Waals surface area contributed by atoms with Crippen LogP contribution in [0.25, 0.3) is 10.2 Å². The van der Waals surface area contributed by atoms with Crippen LogP contribution in [-0.4, -0.2) is 15.1 Å². The normalized spacial score (nSPS) is 11.1. The van der Waals surface area contributed by atoms with Crippen molar-refractivity contribution >= 4 is 33.3 Å². The van der Waals surface area contributed by atoms with Gasteiger partial charge in [-0.2, -0.15) is 4.98 Å². The molecule has 0 aliphatic heterocycles. The number of aromatic nitrogens is 3. The lowest BCUT2D eigenvalue weighted by atomic mass is 10.2. The average molecular weight is 275 g/mol.